The number of carbonyl (C=O) groups excluding carboxylic acids is 3. The number of carbonyl (C=O) groups is 3. The van der Waals surface area contributed by atoms with Crippen LogP contribution < -0.4 is 25.0 Å². The average molecular weight is 437 g/mol. The van der Waals surface area contributed by atoms with Gasteiger partial charge in [0.25, 0.3) is 0 Å². The van der Waals surface area contributed by atoms with Crippen LogP contribution in [-0.4, -0.2) is 43.6 Å². The lowest BCUT2D eigenvalue weighted by Gasteiger charge is -2.18. The number of ether oxygens (including phenoxy) is 2. The molecule has 1 fully saturated rings. The molecule has 2 aromatic carbocycles. The van der Waals surface area contributed by atoms with Crippen LogP contribution in [0.4, 0.5) is 5.69 Å². The normalized spacial score (nSPS) is 17.8. The molecule has 2 aliphatic rings. The van der Waals surface area contributed by atoms with Gasteiger partial charge in [-0.2, -0.15) is 0 Å². The molecule has 4 rings (SSSR count). The summed E-state index contributed by atoms with van der Waals surface area (Å²) in [4.78, 5) is 39.1. The molecule has 0 bridgehead atoms. The smallest absolute Gasteiger partial charge is 0.242 e. The lowest BCUT2D eigenvalue weighted by atomic mass is 10.1. The van der Waals surface area contributed by atoms with E-state index in [0.29, 0.717) is 23.7 Å². The SMILES string of the molecule is C[C@H](NC(=O)C1CC(=O)N(c2ccc3c(c2)OCO3)C1)C(=O)NCCCc1ccccc1. The number of nitrogens with zero attached hydrogens (tertiary/aromatic N) is 1. The van der Waals surface area contributed by atoms with Gasteiger partial charge in [-0.3, -0.25) is 14.4 Å². The van der Waals surface area contributed by atoms with Gasteiger partial charge in [0.05, 0.1) is 5.92 Å². The monoisotopic (exact) mass is 437 g/mol. The molecule has 32 heavy (non-hydrogen) atoms. The Hall–Kier alpha value is -3.55. The summed E-state index contributed by atoms with van der Waals surface area (Å²) >= 11 is 0. The maximum atomic E-state index is 12.7. The fourth-order valence-corrected chi connectivity index (χ4v) is 3.88. The van der Waals surface area contributed by atoms with Crippen molar-refractivity contribution in [1.29, 1.82) is 0 Å². The predicted molar refractivity (Wildman–Crippen MR) is 118 cm³/mol. The maximum absolute atomic E-state index is 12.7. The third-order valence-electron chi connectivity index (χ3n) is 5.70. The van der Waals surface area contributed by atoms with Gasteiger partial charge in [-0.05, 0) is 37.5 Å². The quantitative estimate of drug-likeness (QED) is 0.616. The van der Waals surface area contributed by atoms with E-state index in [1.807, 2.05) is 18.2 Å². The first-order valence-electron chi connectivity index (χ1n) is 10.8. The molecule has 2 heterocycles. The van der Waals surface area contributed by atoms with E-state index in [2.05, 4.69) is 22.8 Å². The van der Waals surface area contributed by atoms with E-state index in [-0.39, 0.29) is 37.5 Å². The van der Waals surface area contributed by atoms with Gasteiger partial charge in [0.1, 0.15) is 6.04 Å². The summed E-state index contributed by atoms with van der Waals surface area (Å²) in [5.74, 6) is 0.0410. The number of amides is 3. The zero-order chi connectivity index (χ0) is 22.5. The minimum atomic E-state index is -0.672. The van der Waals surface area contributed by atoms with E-state index in [1.54, 1.807) is 30.0 Å². The predicted octanol–water partition coefficient (Wildman–Crippen LogP) is 2.02. The van der Waals surface area contributed by atoms with E-state index >= 15 is 0 Å². The molecular weight excluding hydrogens is 410 g/mol. The maximum Gasteiger partial charge on any atom is 0.242 e. The molecule has 8 heteroatoms. The fraction of sp³-hybridized carbons (Fsp3) is 0.375. The van der Waals surface area contributed by atoms with Crippen LogP contribution in [0.2, 0.25) is 0 Å². The molecule has 2 N–H and O–H groups in total. The summed E-state index contributed by atoms with van der Waals surface area (Å²) in [6.07, 6.45) is 1.80. The average Bonchev–Trinajstić information content (AvgIpc) is 3.43. The summed E-state index contributed by atoms with van der Waals surface area (Å²) in [6, 6.07) is 14.7. The first-order valence-corrected chi connectivity index (χ1v) is 10.8. The van der Waals surface area contributed by atoms with E-state index < -0.39 is 12.0 Å². The number of aryl methyl sites for hydroxylation is 1. The van der Waals surface area contributed by atoms with Crippen LogP contribution in [-0.2, 0) is 20.8 Å². The van der Waals surface area contributed by atoms with E-state index in [4.69, 9.17) is 9.47 Å². The van der Waals surface area contributed by atoms with Crippen molar-refractivity contribution in [2.45, 2.75) is 32.2 Å². The van der Waals surface area contributed by atoms with E-state index in [1.165, 1.54) is 5.56 Å². The van der Waals surface area contributed by atoms with Crippen molar-refractivity contribution in [3.63, 3.8) is 0 Å². The van der Waals surface area contributed by atoms with Gasteiger partial charge in [-0.25, -0.2) is 0 Å². The first kappa shape index (κ1) is 21.7. The number of nitrogens with one attached hydrogen (secondary N) is 2. The summed E-state index contributed by atoms with van der Waals surface area (Å²) in [5.41, 5.74) is 1.89. The van der Waals surface area contributed by atoms with Gasteiger partial charge < -0.3 is 25.0 Å². The molecule has 2 aliphatic heterocycles. The largest absolute Gasteiger partial charge is 0.454 e. The molecular formula is C24H27N3O5. The molecule has 1 unspecified atom stereocenters. The van der Waals surface area contributed by atoms with Crippen LogP contribution in [0.5, 0.6) is 11.5 Å². The third kappa shape index (κ3) is 5.01. The van der Waals surface area contributed by atoms with Crippen molar-refractivity contribution in [2.75, 3.05) is 24.8 Å². The molecule has 168 valence electrons. The number of hydrogen-bond donors (Lipinski definition) is 2. The summed E-state index contributed by atoms with van der Waals surface area (Å²) < 4.78 is 10.7. The first-order chi connectivity index (χ1) is 15.5. The molecule has 3 amide bonds. The molecule has 1 saturated heterocycles. The van der Waals surface area contributed by atoms with Crippen molar-refractivity contribution in [3.8, 4) is 11.5 Å². The highest BCUT2D eigenvalue weighted by atomic mass is 16.7. The number of benzene rings is 2. The van der Waals surface area contributed by atoms with Crippen LogP contribution >= 0.6 is 0 Å². The van der Waals surface area contributed by atoms with Crippen molar-refractivity contribution < 1.29 is 23.9 Å². The van der Waals surface area contributed by atoms with Crippen LogP contribution in [0.15, 0.2) is 48.5 Å². The summed E-state index contributed by atoms with van der Waals surface area (Å²) in [7, 11) is 0. The Balaban J connectivity index is 1.23. The number of fused-ring (bicyclic) bond motifs is 1. The van der Waals surface area contributed by atoms with Crippen LogP contribution in [0.1, 0.15) is 25.3 Å². The van der Waals surface area contributed by atoms with Crippen molar-refractivity contribution >= 4 is 23.4 Å². The summed E-state index contributed by atoms with van der Waals surface area (Å²) in [5, 5.41) is 5.60. The second-order valence-corrected chi connectivity index (χ2v) is 8.05. The minimum absolute atomic E-state index is 0.103. The molecule has 2 atom stereocenters. The van der Waals surface area contributed by atoms with Crippen molar-refractivity contribution in [2.24, 2.45) is 5.92 Å². The highest BCUT2D eigenvalue weighted by Crippen LogP contribution is 2.37. The van der Waals surface area contributed by atoms with Crippen LogP contribution in [0.3, 0.4) is 0 Å². The highest BCUT2D eigenvalue weighted by Gasteiger charge is 2.36. The second-order valence-electron chi connectivity index (χ2n) is 8.05. The Morgan fingerprint density at radius 2 is 1.91 bits per heavy atom. The van der Waals surface area contributed by atoms with Crippen LogP contribution in [0.25, 0.3) is 0 Å². The fourth-order valence-electron chi connectivity index (χ4n) is 3.88. The molecule has 8 nitrogen and oxygen atoms in total. The number of rotatable bonds is 8. The lowest BCUT2D eigenvalue weighted by Crippen LogP contribution is -2.47. The third-order valence-corrected chi connectivity index (χ3v) is 5.70. The minimum Gasteiger partial charge on any atom is -0.454 e. The standard InChI is InChI=1S/C24H27N3O5/c1-16(23(29)25-11-5-8-17-6-3-2-4-7-17)26-24(30)18-12-22(28)27(14-18)19-9-10-20-21(13-19)32-15-31-20/h2-4,6-7,9-10,13,16,18H,5,8,11-12,14-15H2,1H3,(H,25,29)(H,26,30)/t16-,18?/m0/s1. The molecule has 0 radical (unpaired) electrons. The Morgan fingerprint density at radius 3 is 2.72 bits per heavy atom. The number of hydrogen-bond acceptors (Lipinski definition) is 5. The van der Waals surface area contributed by atoms with Gasteiger partial charge in [0, 0.05) is 31.3 Å². The Bertz CT molecular complexity index is 994. The number of anilines is 1. The molecule has 0 aliphatic carbocycles. The topological polar surface area (TPSA) is 97.0 Å². The van der Waals surface area contributed by atoms with Gasteiger partial charge in [0.2, 0.25) is 24.5 Å². The second kappa shape index (κ2) is 9.72. The van der Waals surface area contributed by atoms with E-state index in [9.17, 15) is 14.4 Å². The van der Waals surface area contributed by atoms with Gasteiger partial charge in [0.15, 0.2) is 11.5 Å². The molecule has 0 spiro atoms. The van der Waals surface area contributed by atoms with Crippen LogP contribution in [0, 0.1) is 5.92 Å². The van der Waals surface area contributed by atoms with Crippen molar-refractivity contribution in [3.05, 3.63) is 54.1 Å². The van der Waals surface area contributed by atoms with Gasteiger partial charge in [-0.15, -0.1) is 0 Å². The van der Waals surface area contributed by atoms with E-state index in [0.717, 1.165) is 12.8 Å². The Morgan fingerprint density at radius 1 is 1.12 bits per heavy atom. The van der Waals surface area contributed by atoms with Gasteiger partial charge in [-0.1, -0.05) is 30.3 Å². The van der Waals surface area contributed by atoms with Gasteiger partial charge >= 0.3 is 0 Å². The Labute approximate surface area is 186 Å². The highest BCUT2D eigenvalue weighted by molar-refractivity contribution is 6.01. The lowest BCUT2D eigenvalue weighted by molar-refractivity contribution is -0.130. The molecule has 2 aromatic rings. The molecule has 0 aromatic heterocycles. The van der Waals surface area contributed by atoms with Crippen molar-refractivity contribution in [1.82, 2.24) is 10.6 Å². The zero-order valence-electron chi connectivity index (χ0n) is 18.0. The Kier molecular flexibility index (Phi) is 6.58. The summed E-state index contributed by atoms with van der Waals surface area (Å²) in [6.45, 7) is 2.60. The molecule has 0 saturated carbocycles. The zero-order valence-corrected chi connectivity index (χ0v) is 18.0.